The summed E-state index contributed by atoms with van der Waals surface area (Å²) in [5, 5.41) is 3.20. The maximum absolute atomic E-state index is 12.0. The van der Waals surface area contributed by atoms with Crippen LogP contribution in [0.2, 0.25) is 0 Å². The molecule has 2 rings (SSSR count). The van der Waals surface area contributed by atoms with Crippen molar-refractivity contribution < 1.29 is 4.79 Å². The summed E-state index contributed by atoms with van der Waals surface area (Å²) in [7, 11) is 1.80. The molecule has 0 spiro atoms. The first-order chi connectivity index (χ1) is 7.29. The molecule has 1 amide bonds. The van der Waals surface area contributed by atoms with E-state index in [9.17, 15) is 4.79 Å². The van der Waals surface area contributed by atoms with Gasteiger partial charge in [-0.3, -0.25) is 9.78 Å². The van der Waals surface area contributed by atoms with Crippen LogP contribution in [-0.4, -0.2) is 31.0 Å². The van der Waals surface area contributed by atoms with Crippen LogP contribution in [0.15, 0.2) is 24.5 Å². The molecule has 1 fully saturated rings. The van der Waals surface area contributed by atoms with E-state index in [1.54, 1.807) is 24.3 Å². The molecular weight excluding hydrogens is 190 g/mol. The molecule has 80 valence electrons. The molecule has 0 aliphatic carbocycles. The summed E-state index contributed by atoms with van der Waals surface area (Å²) in [4.78, 5) is 17.7. The zero-order valence-electron chi connectivity index (χ0n) is 8.81. The van der Waals surface area contributed by atoms with Gasteiger partial charge in [-0.2, -0.15) is 0 Å². The third-order valence-corrected chi connectivity index (χ3v) is 2.77. The number of rotatable bonds is 2. The van der Waals surface area contributed by atoms with Gasteiger partial charge in [0.05, 0.1) is 17.8 Å². The zero-order chi connectivity index (χ0) is 10.7. The van der Waals surface area contributed by atoms with Crippen molar-refractivity contribution in [2.24, 2.45) is 5.92 Å². The lowest BCUT2D eigenvalue weighted by molar-refractivity contribution is -0.121. The third-order valence-electron chi connectivity index (χ3n) is 2.77. The van der Waals surface area contributed by atoms with E-state index in [1.165, 1.54) is 0 Å². The summed E-state index contributed by atoms with van der Waals surface area (Å²) in [6.45, 7) is 1.74. The molecule has 1 unspecified atom stereocenters. The average Bonchev–Trinajstić information content (AvgIpc) is 2.82. The van der Waals surface area contributed by atoms with Crippen molar-refractivity contribution in [3.8, 4) is 0 Å². The third kappa shape index (κ3) is 2.15. The molecule has 0 saturated carbocycles. The lowest BCUT2D eigenvalue weighted by atomic mass is 10.1. The Kier molecular flexibility index (Phi) is 2.97. The minimum absolute atomic E-state index is 0.121. The number of anilines is 1. The second-order valence-corrected chi connectivity index (χ2v) is 3.80. The number of aromatic nitrogens is 1. The van der Waals surface area contributed by atoms with Crippen molar-refractivity contribution in [3.63, 3.8) is 0 Å². The number of amides is 1. The molecule has 1 aromatic heterocycles. The fourth-order valence-corrected chi connectivity index (χ4v) is 1.82. The molecule has 1 atom stereocenters. The highest BCUT2D eigenvalue weighted by Gasteiger charge is 2.25. The quantitative estimate of drug-likeness (QED) is 0.771. The van der Waals surface area contributed by atoms with Gasteiger partial charge < -0.3 is 10.2 Å². The lowest BCUT2D eigenvalue weighted by Gasteiger charge is -2.20. The molecular formula is C11H15N3O. The van der Waals surface area contributed by atoms with Crippen molar-refractivity contribution in [1.29, 1.82) is 0 Å². The molecule has 0 aromatic carbocycles. The maximum atomic E-state index is 12.0. The lowest BCUT2D eigenvalue weighted by Crippen LogP contribution is -2.33. The van der Waals surface area contributed by atoms with E-state index in [0.717, 1.165) is 25.2 Å². The summed E-state index contributed by atoms with van der Waals surface area (Å²) in [5.74, 6) is 0.295. The molecule has 2 heterocycles. The summed E-state index contributed by atoms with van der Waals surface area (Å²) in [5.41, 5.74) is 0.856. The van der Waals surface area contributed by atoms with Crippen LogP contribution in [0.25, 0.3) is 0 Å². The fourth-order valence-electron chi connectivity index (χ4n) is 1.82. The summed E-state index contributed by atoms with van der Waals surface area (Å²) in [6.07, 6.45) is 4.35. The van der Waals surface area contributed by atoms with Gasteiger partial charge in [0.2, 0.25) is 5.91 Å². The predicted molar refractivity (Wildman–Crippen MR) is 58.6 cm³/mol. The average molecular weight is 205 g/mol. The van der Waals surface area contributed by atoms with Crippen LogP contribution in [-0.2, 0) is 4.79 Å². The highest BCUT2D eigenvalue weighted by molar-refractivity contribution is 5.94. The second-order valence-electron chi connectivity index (χ2n) is 3.80. The van der Waals surface area contributed by atoms with E-state index in [4.69, 9.17) is 0 Å². The Hall–Kier alpha value is -1.42. The predicted octanol–water partition coefficient (Wildman–Crippen LogP) is 0.654. The Morgan fingerprint density at radius 1 is 1.67 bits per heavy atom. The van der Waals surface area contributed by atoms with E-state index in [2.05, 4.69) is 10.3 Å². The van der Waals surface area contributed by atoms with E-state index in [0.29, 0.717) is 0 Å². The second kappa shape index (κ2) is 4.40. The van der Waals surface area contributed by atoms with Crippen molar-refractivity contribution in [2.45, 2.75) is 6.42 Å². The monoisotopic (exact) mass is 205 g/mol. The number of nitrogens with one attached hydrogen (secondary N) is 1. The number of nitrogens with zero attached hydrogens (tertiary/aromatic N) is 2. The van der Waals surface area contributed by atoms with Crippen LogP contribution in [0.1, 0.15) is 6.42 Å². The molecule has 4 nitrogen and oxygen atoms in total. The van der Waals surface area contributed by atoms with Crippen molar-refractivity contribution in [2.75, 3.05) is 25.0 Å². The number of hydrogen-bond acceptors (Lipinski definition) is 3. The summed E-state index contributed by atoms with van der Waals surface area (Å²) in [6, 6.07) is 3.74. The summed E-state index contributed by atoms with van der Waals surface area (Å²) < 4.78 is 0. The van der Waals surface area contributed by atoms with Crippen LogP contribution in [0.5, 0.6) is 0 Å². The fraction of sp³-hybridized carbons (Fsp3) is 0.455. The Morgan fingerprint density at radius 3 is 3.13 bits per heavy atom. The molecule has 1 aromatic rings. The highest BCUT2D eigenvalue weighted by Crippen LogP contribution is 2.16. The number of carbonyl (C=O) groups excluding carboxylic acids is 1. The molecule has 1 aliphatic heterocycles. The minimum atomic E-state index is 0.121. The van der Waals surface area contributed by atoms with Gasteiger partial charge in [0.15, 0.2) is 0 Å². The van der Waals surface area contributed by atoms with Gasteiger partial charge in [0.25, 0.3) is 0 Å². The zero-order valence-corrected chi connectivity index (χ0v) is 8.81. The smallest absolute Gasteiger partial charge is 0.231 e. The van der Waals surface area contributed by atoms with E-state index < -0.39 is 0 Å². The molecule has 0 bridgehead atoms. The van der Waals surface area contributed by atoms with E-state index in [-0.39, 0.29) is 11.8 Å². The van der Waals surface area contributed by atoms with Crippen LogP contribution < -0.4 is 10.2 Å². The van der Waals surface area contributed by atoms with Gasteiger partial charge in [-0.25, -0.2) is 0 Å². The SMILES string of the molecule is CN(C(=O)C1CCNC1)c1cccnc1. The minimum Gasteiger partial charge on any atom is -0.316 e. The largest absolute Gasteiger partial charge is 0.316 e. The van der Waals surface area contributed by atoms with Gasteiger partial charge in [0.1, 0.15) is 0 Å². The normalized spacial score (nSPS) is 20.2. The van der Waals surface area contributed by atoms with Gasteiger partial charge in [-0.05, 0) is 25.1 Å². The topological polar surface area (TPSA) is 45.2 Å². The first kappa shape index (κ1) is 10.1. The van der Waals surface area contributed by atoms with E-state index in [1.807, 2.05) is 12.1 Å². The first-order valence-electron chi connectivity index (χ1n) is 5.17. The Bertz CT molecular complexity index is 333. The van der Waals surface area contributed by atoms with Gasteiger partial charge in [-0.15, -0.1) is 0 Å². The van der Waals surface area contributed by atoms with Crippen molar-refractivity contribution in [1.82, 2.24) is 10.3 Å². The molecule has 0 radical (unpaired) electrons. The molecule has 1 saturated heterocycles. The van der Waals surface area contributed by atoms with Crippen LogP contribution >= 0.6 is 0 Å². The summed E-state index contributed by atoms with van der Waals surface area (Å²) >= 11 is 0. The van der Waals surface area contributed by atoms with Crippen LogP contribution in [0, 0.1) is 5.92 Å². The van der Waals surface area contributed by atoms with E-state index >= 15 is 0 Å². The van der Waals surface area contributed by atoms with Gasteiger partial charge in [-0.1, -0.05) is 0 Å². The number of carbonyl (C=O) groups is 1. The molecule has 1 N–H and O–H groups in total. The Labute approximate surface area is 89.3 Å². The molecule has 15 heavy (non-hydrogen) atoms. The number of pyridine rings is 1. The molecule has 1 aliphatic rings. The van der Waals surface area contributed by atoms with Gasteiger partial charge in [0, 0.05) is 19.8 Å². The van der Waals surface area contributed by atoms with Gasteiger partial charge >= 0.3 is 0 Å². The maximum Gasteiger partial charge on any atom is 0.231 e. The standard InChI is InChI=1S/C11H15N3O/c1-14(10-3-2-5-12-8-10)11(15)9-4-6-13-7-9/h2-3,5,8-9,13H,4,6-7H2,1H3. The Balaban J connectivity index is 2.07. The van der Waals surface area contributed by atoms with Crippen molar-refractivity contribution >= 4 is 11.6 Å². The first-order valence-corrected chi connectivity index (χ1v) is 5.17. The van der Waals surface area contributed by atoms with Crippen LogP contribution in [0.3, 0.4) is 0 Å². The van der Waals surface area contributed by atoms with Crippen molar-refractivity contribution in [3.05, 3.63) is 24.5 Å². The Morgan fingerprint density at radius 2 is 2.53 bits per heavy atom. The number of hydrogen-bond donors (Lipinski definition) is 1. The highest BCUT2D eigenvalue weighted by atomic mass is 16.2. The molecule has 4 heteroatoms. The van der Waals surface area contributed by atoms with Crippen LogP contribution in [0.4, 0.5) is 5.69 Å².